The third kappa shape index (κ3) is 5.06. The van der Waals surface area contributed by atoms with Crippen molar-refractivity contribution in [3.8, 4) is 0 Å². The Labute approximate surface area is 113 Å². The van der Waals surface area contributed by atoms with E-state index < -0.39 is 0 Å². The third-order valence-electron chi connectivity index (χ3n) is 2.45. The van der Waals surface area contributed by atoms with Gasteiger partial charge in [0.05, 0.1) is 4.88 Å². The van der Waals surface area contributed by atoms with E-state index >= 15 is 0 Å². The summed E-state index contributed by atoms with van der Waals surface area (Å²) in [7, 11) is 0. The van der Waals surface area contributed by atoms with Crippen molar-refractivity contribution in [2.45, 2.75) is 39.7 Å². The molecule has 98 valence electrons. The standard InChI is InChI=1S/C12H20N2OS.ClH/c1-4-10-8(2)7-11(16-10)12(15)14-6-5-9(3)13;/h7,9H,4-6,13H2,1-3H3,(H,14,15);1H. The number of nitrogens with one attached hydrogen (secondary N) is 1. The lowest BCUT2D eigenvalue weighted by Gasteiger charge is -2.05. The number of carbonyl (C=O) groups excluding carboxylic acids is 1. The van der Waals surface area contributed by atoms with Crippen molar-refractivity contribution < 1.29 is 4.79 Å². The second-order valence-electron chi connectivity index (χ2n) is 4.09. The Hall–Kier alpha value is -0.580. The van der Waals surface area contributed by atoms with E-state index in [0.717, 1.165) is 17.7 Å². The van der Waals surface area contributed by atoms with E-state index in [0.29, 0.717) is 6.54 Å². The Balaban J connectivity index is 0.00000256. The molecule has 1 aromatic rings. The van der Waals surface area contributed by atoms with E-state index in [2.05, 4.69) is 12.2 Å². The number of aryl methyl sites for hydroxylation is 2. The summed E-state index contributed by atoms with van der Waals surface area (Å²) in [4.78, 5) is 13.9. The zero-order valence-corrected chi connectivity index (χ0v) is 12.2. The van der Waals surface area contributed by atoms with Gasteiger partial charge in [0.15, 0.2) is 0 Å². The number of carbonyl (C=O) groups is 1. The van der Waals surface area contributed by atoms with E-state index in [1.807, 2.05) is 19.9 Å². The minimum absolute atomic E-state index is 0. The summed E-state index contributed by atoms with van der Waals surface area (Å²) in [6.45, 7) is 6.75. The molecule has 1 unspecified atom stereocenters. The molecule has 0 aliphatic heterocycles. The third-order valence-corrected chi connectivity index (χ3v) is 3.83. The van der Waals surface area contributed by atoms with Crippen LogP contribution in [0.25, 0.3) is 0 Å². The smallest absolute Gasteiger partial charge is 0.261 e. The molecule has 0 radical (unpaired) electrons. The van der Waals surface area contributed by atoms with E-state index in [1.165, 1.54) is 10.4 Å². The Bertz CT molecular complexity index is 363. The van der Waals surface area contributed by atoms with Crippen molar-refractivity contribution >= 4 is 29.7 Å². The molecule has 3 nitrogen and oxygen atoms in total. The number of thiophene rings is 1. The van der Waals surface area contributed by atoms with Crippen molar-refractivity contribution in [3.63, 3.8) is 0 Å². The van der Waals surface area contributed by atoms with Crippen LogP contribution in [0.3, 0.4) is 0 Å². The van der Waals surface area contributed by atoms with Crippen LogP contribution in [0, 0.1) is 6.92 Å². The minimum atomic E-state index is 0. The van der Waals surface area contributed by atoms with E-state index in [9.17, 15) is 4.79 Å². The number of hydrogen-bond acceptors (Lipinski definition) is 3. The van der Waals surface area contributed by atoms with Crippen molar-refractivity contribution in [2.24, 2.45) is 5.73 Å². The minimum Gasteiger partial charge on any atom is -0.351 e. The SMILES string of the molecule is CCc1sc(C(=O)NCCC(C)N)cc1C.Cl. The summed E-state index contributed by atoms with van der Waals surface area (Å²) < 4.78 is 0. The molecule has 17 heavy (non-hydrogen) atoms. The molecule has 0 saturated carbocycles. The molecular formula is C12H21ClN2OS. The molecule has 0 aromatic carbocycles. The zero-order chi connectivity index (χ0) is 12.1. The fourth-order valence-corrected chi connectivity index (χ4v) is 2.51. The second-order valence-corrected chi connectivity index (χ2v) is 5.23. The summed E-state index contributed by atoms with van der Waals surface area (Å²) in [5, 5.41) is 2.89. The second kappa shape index (κ2) is 7.69. The maximum atomic E-state index is 11.8. The van der Waals surface area contributed by atoms with E-state index in [1.54, 1.807) is 11.3 Å². The summed E-state index contributed by atoms with van der Waals surface area (Å²) >= 11 is 1.58. The van der Waals surface area contributed by atoms with Gasteiger partial charge < -0.3 is 11.1 Å². The molecule has 1 amide bonds. The maximum Gasteiger partial charge on any atom is 0.261 e. The van der Waals surface area contributed by atoms with Crippen LogP contribution in [-0.2, 0) is 6.42 Å². The van der Waals surface area contributed by atoms with Crippen molar-refractivity contribution in [1.29, 1.82) is 0 Å². The average molecular weight is 277 g/mol. The Morgan fingerprint density at radius 1 is 1.59 bits per heavy atom. The fourth-order valence-electron chi connectivity index (χ4n) is 1.48. The van der Waals surface area contributed by atoms with Gasteiger partial charge in [0.25, 0.3) is 5.91 Å². The lowest BCUT2D eigenvalue weighted by Crippen LogP contribution is -2.28. The highest BCUT2D eigenvalue weighted by molar-refractivity contribution is 7.14. The summed E-state index contributed by atoms with van der Waals surface area (Å²) in [5.41, 5.74) is 6.83. The number of nitrogens with two attached hydrogens (primary N) is 1. The highest BCUT2D eigenvalue weighted by Gasteiger charge is 2.10. The predicted molar refractivity (Wildman–Crippen MR) is 76.3 cm³/mol. The Kier molecular flexibility index (Phi) is 7.43. The van der Waals surface area contributed by atoms with Gasteiger partial charge in [0, 0.05) is 17.5 Å². The van der Waals surface area contributed by atoms with Gasteiger partial charge >= 0.3 is 0 Å². The molecule has 1 rings (SSSR count). The van der Waals surface area contributed by atoms with Gasteiger partial charge in [0.2, 0.25) is 0 Å². The summed E-state index contributed by atoms with van der Waals surface area (Å²) in [6, 6.07) is 2.10. The fraction of sp³-hybridized carbons (Fsp3) is 0.583. The molecule has 1 atom stereocenters. The highest BCUT2D eigenvalue weighted by atomic mass is 35.5. The van der Waals surface area contributed by atoms with E-state index in [4.69, 9.17) is 5.73 Å². The van der Waals surface area contributed by atoms with Crippen molar-refractivity contribution in [1.82, 2.24) is 5.32 Å². The lowest BCUT2D eigenvalue weighted by molar-refractivity contribution is 0.0957. The molecular weight excluding hydrogens is 256 g/mol. The molecule has 5 heteroatoms. The van der Waals surface area contributed by atoms with Crippen molar-refractivity contribution in [2.75, 3.05) is 6.54 Å². The van der Waals surface area contributed by atoms with Crippen LogP contribution in [-0.4, -0.2) is 18.5 Å². The van der Waals surface area contributed by atoms with Crippen LogP contribution in [0.2, 0.25) is 0 Å². The largest absolute Gasteiger partial charge is 0.351 e. The first-order valence-corrected chi connectivity index (χ1v) is 6.49. The number of hydrogen-bond donors (Lipinski definition) is 2. The van der Waals surface area contributed by atoms with Gasteiger partial charge in [-0.15, -0.1) is 23.7 Å². The van der Waals surface area contributed by atoms with Crippen LogP contribution < -0.4 is 11.1 Å². The van der Waals surface area contributed by atoms with Crippen LogP contribution in [0.4, 0.5) is 0 Å². The molecule has 0 aliphatic carbocycles. The average Bonchev–Trinajstić information content (AvgIpc) is 2.59. The normalized spacial score (nSPS) is 11.8. The summed E-state index contributed by atoms with van der Waals surface area (Å²) in [5.74, 6) is 0.0217. The zero-order valence-electron chi connectivity index (χ0n) is 10.6. The van der Waals surface area contributed by atoms with Gasteiger partial charge in [-0.05, 0) is 38.3 Å². The highest BCUT2D eigenvalue weighted by Crippen LogP contribution is 2.22. The first kappa shape index (κ1) is 16.4. The lowest BCUT2D eigenvalue weighted by atomic mass is 10.2. The van der Waals surface area contributed by atoms with Crippen LogP contribution >= 0.6 is 23.7 Å². The summed E-state index contributed by atoms with van der Waals surface area (Å²) in [6.07, 6.45) is 1.81. The molecule has 3 N–H and O–H groups in total. The van der Waals surface area contributed by atoms with Gasteiger partial charge in [0.1, 0.15) is 0 Å². The molecule has 0 aliphatic rings. The molecule has 0 saturated heterocycles. The van der Waals surface area contributed by atoms with Crippen LogP contribution in [0.15, 0.2) is 6.07 Å². The number of amides is 1. The van der Waals surface area contributed by atoms with E-state index in [-0.39, 0.29) is 24.4 Å². The monoisotopic (exact) mass is 276 g/mol. The quantitative estimate of drug-likeness (QED) is 0.868. The van der Waals surface area contributed by atoms with Gasteiger partial charge in [-0.2, -0.15) is 0 Å². The Morgan fingerprint density at radius 2 is 2.24 bits per heavy atom. The topological polar surface area (TPSA) is 55.1 Å². The molecule has 0 spiro atoms. The Morgan fingerprint density at radius 3 is 2.71 bits per heavy atom. The van der Waals surface area contributed by atoms with Crippen molar-refractivity contribution in [3.05, 3.63) is 21.4 Å². The van der Waals surface area contributed by atoms with Gasteiger partial charge in [-0.3, -0.25) is 4.79 Å². The predicted octanol–water partition coefficient (Wildman–Crippen LogP) is 2.51. The molecule has 1 aromatic heterocycles. The maximum absolute atomic E-state index is 11.8. The molecule has 0 fully saturated rings. The number of halogens is 1. The van der Waals surface area contributed by atoms with Gasteiger partial charge in [-0.1, -0.05) is 6.92 Å². The first-order chi connectivity index (χ1) is 7.54. The molecule has 1 heterocycles. The first-order valence-electron chi connectivity index (χ1n) is 5.67. The van der Waals surface area contributed by atoms with Gasteiger partial charge in [-0.25, -0.2) is 0 Å². The molecule has 0 bridgehead atoms. The van der Waals surface area contributed by atoms with Crippen LogP contribution in [0.5, 0.6) is 0 Å². The number of rotatable bonds is 5. The van der Waals surface area contributed by atoms with Crippen LogP contribution in [0.1, 0.15) is 40.4 Å².